The maximum Gasteiger partial charge on any atom is -0.000674 e. The molecule has 0 fully saturated rings. The molecular weight excluding hydrogens is 1060 g/mol. The van der Waals surface area contributed by atoms with Crippen LogP contribution >= 0.6 is 0 Å². The summed E-state index contributed by atoms with van der Waals surface area (Å²) in [6, 6.07) is 101. The molecule has 1 aliphatic rings. The van der Waals surface area contributed by atoms with Gasteiger partial charge in [-0.3, -0.25) is 0 Å². The van der Waals surface area contributed by atoms with Gasteiger partial charge in [-0.1, -0.05) is 261 Å². The number of hydrogen-bond donors (Lipinski definition) is 0. The van der Waals surface area contributed by atoms with E-state index in [2.05, 4.69) is 291 Å². The average molecular weight is 1100 g/mol. The lowest BCUT2D eigenvalue weighted by atomic mass is 9.85. The van der Waals surface area contributed by atoms with Crippen molar-refractivity contribution in [1.82, 2.24) is 0 Å². The summed E-state index contributed by atoms with van der Waals surface area (Å²) in [6.45, 7) is 0. The summed E-state index contributed by atoms with van der Waals surface area (Å²) in [6.07, 6.45) is 9.39. The predicted octanol–water partition coefficient (Wildman–Crippen LogP) is 22.8. The smallest absolute Gasteiger partial charge is 0.000674 e. The van der Waals surface area contributed by atoms with Crippen molar-refractivity contribution < 1.29 is 0 Å². The van der Waals surface area contributed by atoms with E-state index in [1.54, 1.807) is 0 Å². The molecule has 0 N–H and O–H groups in total. The second kappa shape index (κ2) is 18.3. The highest BCUT2D eigenvalue weighted by molar-refractivity contribution is 6.54. The number of hydrogen-bond acceptors (Lipinski definition) is 0. The van der Waals surface area contributed by atoms with Crippen molar-refractivity contribution in [3.8, 4) is 92.2 Å². The fourth-order valence-corrected chi connectivity index (χ4v) is 16.4. The molecule has 88 heavy (non-hydrogen) atoms. The van der Waals surface area contributed by atoms with Crippen LogP contribution < -0.4 is 0 Å². The van der Waals surface area contributed by atoms with Crippen molar-refractivity contribution in [3.63, 3.8) is 0 Å². The lowest BCUT2D eigenvalue weighted by molar-refractivity contribution is 1.46. The zero-order chi connectivity index (χ0) is 57.9. The zero-order valence-electron chi connectivity index (χ0n) is 47.6. The third-order valence-corrected chi connectivity index (χ3v) is 19.6. The fourth-order valence-electron chi connectivity index (χ4n) is 16.4. The normalized spacial score (nSPS) is 12.0. The van der Waals surface area contributed by atoms with E-state index in [0.717, 1.165) is 0 Å². The van der Waals surface area contributed by atoms with Crippen LogP contribution in [-0.4, -0.2) is 0 Å². The van der Waals surface area contributed by atoms with E-state index >= 15 is 0 Å². The van der Waals surface area contributed by atoms with Gasteiger partial charge in [0.15, 0.2) is 0 Å². The summed E-state index contributed by atoms with van der Waals surface area (Å²) in [4.78, 5) is 0. The lowest BCUT2D eigenvalue weighted by Crippen LogP contribution is -1.90. The molecule has 0 heteroatoms. The molecule has 0 aromatic heterocycles. The molecule has 0 unspecified atom stereocenters. The Morgan fingerprint density at radius 1 is 0.205 bits per heavy atom. The van der Waals surface area contributed by atoms with Gasteiger partial charge in [-0.25, -0.2) is 0 Å². The Labute approximate surface area is 506 Å². The van der Waals surface area contributed by atoms with Gasteiger partial charge in [-0.15, -0.1) is 12.8 Å². The molecule has 20 rings (SSSR count). The summed E-state index contributed by atoms with van der Waals surface area (Å²) in [5.41, 5.74) is 12.5. The van der Waals surface area contributed by atoms with Crippen LogP contribution in [0.5, 0.6) is 0 Å². The van der Waals surface area contributed by atoms with Gasteiger partial charge in [0, 0.05) is 0 Å². The van der Waals surface area contributed by atoms with Crippen molar-refractivity contribution >= 4 is 129 Å². The fraction of sp³-hybridized carbons (Fsp3) is 0. The van der Waals surface area contributed by atoms with Crippen LogP contribution in [-0.2, 0) is 0 Å². The summed E-state index contributed by atoms with van der Waals surface area (Å²) < 4.78 is 0. The van der Waals surface area contributed by atoms with Gasteiger partial charge >= 0.3 is 0 Å². The van der Waals surface area contributed by atoms with Crippen molar-refractivity contribution in [2.75, 3.05) is 0 Å². The average Bonchev–Trinajstić information content (AvgIpc) is 1.49. The van der Waals surface area contributed by atoms with Gasteiger partial charge < -0.3 is 0 Å². The lowest BCUT2D eigenvalue weighted by Gasteiger charge is -2.17. The Kier molecular flexibility index (Phi) is 10.0. The molecule has 19 aromatic rings. The van der Waals surface area contributed by atoms with Crippen molar-refractivity contribution in [1.29, 1.82) is 0 Å². The Morgan fingerprint density at radius 3 is 1.17 bits per heavy atom. The topological polar surface area (TPSA) is 0 Å². The third kappa shape index (κ3) is 6.36. The minimum Gasteiger partial charge on any atom is -0.106 e. The van der Waals surface area contributed by atoms with Crippen LogP contribution in [0.1, 0.15) is 0 Å². The Balaban J connectivity index is 0.000000895. The van der Waals surface area contributed by atoms with Gasteiger partial charge in [-0.05, 0) is 236 Å². The van der Waals surface area contributed by atoms with Gasteiger partial charge in [0.1, 0.15) is 0 Å². The number of benzene rings is 16. The standard InChI is InChI=1S/C82H44.C6H2/c1-4-18-45(19-5-1)49-26-10-12-28-52(49)57-35-34-51(47-22-8-3-9-23-47)70-63-40-36-58-60-38-42-65-76-66(43-39-61(72(60)76)59-37-41-64(73(57)70)75(63)71(58)59)81-79-55-31-15-14-30-54(55)78-77-62-33-17-25-48-24-16-32-56(69(48)62)67(77)44-68(82(78)79)74(80(65)81)53-29-13-11-27-50(53)46-20-6-2-7-21-46;1-3-5-6-4-2/h1-44H;1-2H. The van der Waals surface area contributed by atoms with E-state index in [9.17, 15) is 0 Å². The van der Waals surface area contributed by atoms with Crippen LogP contribution in [0.15, 0.2) is 267 Å². The predicted molar refractivity (Wildman–Crippen MR) is 376 cm³/mol. The molecule has 0 aliphatic heterocycles. The first-order chi connectivity index (χ1) is 43.7. The van der Waals surface area contributed by atoms with Gasteiger partial charge in [-0.2, -0.15) is 0 Å². The van der Waals surface area contributed by atoms with Gasteiger partial charge in [0.25, 0.3) is 0 Å². The molecule has 0 nitrogen and oxygen atoms in total. The Bertz CT molecular complexity index is 6540. The molecule has 0 saturated carbocycles. The largest absolute Gasteiger partial charge is 0.106 e. The number of terminal acetylenes is 2. The van der Waals surface area contributed by atoms with E-state index in [-0.39, 0.29) is 0 Å². The summed E-state index contributed by atoms with van der Waals surface area (Å²) in [7, 11) is 0. The number of fused-ring (bicyclic) bond motifs is 14. The quantitative estimate of drug-likeness (QED) is 0.0915. The van der Waals surface area contributed by atoms with Crippen LogP contribution in [0, 0.1) is 57.4 Å². The van der Waals surface area contributed by atoms with E-state index in [1.807, 2.05) is 0 Å². The molecule has 0 saturated heterocycles. The molecule has 0 spiro atoms. The van der Waals surface area contributed by atoms with E-state index in [1.165, 1.54) is 206 Å². The van der Waals surface area contributed by atoms with Crippen molar-refractivity contribution in [2.45, 2.75) is 0 Å². The van der Waals surface area contributed by atoms with E-state index < -0.39 is 0 Å². The highest BCUT2D eigenvalue weighted by atomic mass is 14.3. The monoisotopic (exact) mass is 1100 g/mol. The highest BCUT2D eigenvalue weighted by Gasteiger charge is 2.30. The molecule has 0 atom stereocenters. The molecule has 0 heterocycles. The van der Waals surface area contributed by atoms with Crippen LogP contribution in [0.4, 0.5) is 0 Å². The van der Waals surface area contributed by atoms with Crippen LogP contribution in [0.25, 0.3) is 185 Å². The Hall–Kier alpha value is -12.0. The Morgan fingerprint density at radius 2 is 0.568 bits per heavy atom. The first-order valence-electron chi connectivity index (χ1n) is 30.2. The third-order valence-electron chi connectivity index (χ3n) is 19.6. The van der Waals surface area contributed by atoms with E-state index in [4.69, 9.17) is 12.8 Å². The molecule has 0 radical (unpaired) electrons. The maximum absolute atomic E-state index is 4.70. The van der Waals surface area contributed by atoms with Gasteiger partial charge in [0.2, 0.25) is 0 Å². The molecule has 1 aliphatic carbocycles. The summed E-state index contributed by atoms with van der Waals surface area (Å²) >= 11 is 0. The number of rotatable bonds is 5. The SMILES string of the molecule is C#CC#CC#C.c1ccc(-c2ccccc2-c2ccc(-c3ccccc3)c3c2=c2ccc4c5ccc6c7c(ccc(c8ccc=3c2c84)c57)c2c(-c3ccccc3-c3ccccc3)c3cc4c5cccc7cccc(c75)c4c4c5ccccc5c(c62)c34)cc1. The maximum atomic E-state index is 4.70. The highest BCUT2D eigenvalue weighted by Crippen LogP contribution is 2.59. The minimum atomic E-state index is 1.22. The van der Waals surface area contributed by atoms with Crippen LogP contribution in [0.2, 0.25) is 0 Å². The zero-order valence-corrected chi connectivity index (χ0v) is 47.6. The molecular formula is C88H46. The molecule has 398 valence electrons. The summed E-state index contributed by atoms with van der Waals surface area (Å²) in [5.74, 6) is 8.61. The van der Waals surface area contributed by atoms with Crippen LogP contribution in [0.3, 0.4) is 0 Å². The second-order valence-electron chi connectivity index (χ2n) is 23.6. The first kappa shape index (κ1) is 48.4. The first-order valence-corrected chi connectivity index (χ1v) is 30.2. The van der Waals surface area contributed by atoms with Crippen molar-refractivity contribution in [2.24, 2.45) is 0 Å². The minimum absolute atomic E-state index is 1.22. The summed E-state index contributed by atoms with van der Waals surface area (Å²) in [5, 5.41) is 37.3. The molecule has 0 amide bonds. The second-order valence-corrected chi connectivity index (χ2v) is 23.6. The molecule has 19 aromatic carbocycles. The van der Waals surface area contributed by atoms with Gasteiger partial charge in [0.05, 0.1) is 0 Å². The van der Waals surface area contributed by atoms with E-state index in [0.29, 0.717) is 0 Å². The molecule has 0 bridgehead atoms. The van der Waals surface area contributed by atoms with Crippen molar-refractivity contribution in [3.05, 3.63) is 288 Å².